The lowest BCUT2D eigenvalue weighted by molar-refractivity contribution is 0.876. The molecule has 0 bridgehead atoms. The Hall–Kier alpha value is -1.89. The van der Waals surface area contributed by atoms with Gasteiger partial charge in [-0.1, -0.05) is 0 Å². The normalized spacial score (nSPS) is 14.9. The number of rotatable bonds is 4. The second-order valence-corrected chi connectivity index (χ2v) is 4.72. The zero-order valence-corrected chi connectivity index (χ0v) is 11.1. The summed E-state index contributed by atoms with van der Waals surface area (Å²) in [6.45, 7) is 2.54. The van der Waals surface area contributed by atoms with E-state index in [2.05, 4.69) is 35.4 Å². The maximum atomic E-state index is 5.94. The van der Waals surface area contributed by atoms with Gasteiger partial charge >= 0.3 is 0 Å². The smallest absolute Gasteiger partial charge is 0.231 e. The molecule has 3 rings (SSSR count). The standard InChI is InChI=1S/C11H14ClN7/c12-9-16-10(13-5-8-6-14-15-7-8)18-11(17-9)19-3-1-2-4-19/h6-7H,1-5H2,(H,14,15)(H,13,16,17,18). The minimum atomic E-state index is 0.214. The Kier molecular flexibility index (Phi) is 3.45. The van der Waals surface area contributed by atoms with E-state index in [1.165, 1.54) is 12.8 Å². The molecule has 0 aromatic carbocycles. The number of nitrogens with zero attached hydrogens (tertiary/aromatic N) is 5. The Balaban J connectivity index is 1.73. The number of halogens is 1. The van der Waals surface area contributed by atoms with E-state index in [0.717, 1.165) is 18.7 Å². The van der Waals surface area contributed by atoms with Crippen LogP contribution in [0.2, 0.25) is 5.28 Å². The van der Waals surface area contributed by atoms with Crippen LogP contribution in [0.3, 0.4) is 0 Å². The molecule has 100 valence electrons. The first-order valence-corrected chi connectivity index (χ1v) is 6.57. The van der Waals surface area contributed by atoms with Crippen LogP contribution in [0.25, 0.3) is 0 Å². The third-order valence-corrected chi connectivity index (χ3v) is 3.16. The van der Waals surface area contributed by atoms with Crippen LogP contribution in [0.1, 0.15) is 18.4 Å². The van der Waals surface area contributed by atoms with Crippen LogP contribution < -0.4 is 10.2 Å². The van der Waals surface area contributed by atoms with E-state index in [-0.39, 0.29) is 5.28 Å². The van der Waals surface area contributed by atoms with E-state index >= 15 is 0 Å². The molecule has 2 N–H and O–H groups in total. The van der Waals surface area contributed by atoms with Crippen molar-refractivity contribution in [3.63, 3.8) is 0 Å². The van der Waals surface area contributed by atoms with Crippen LogP contribution in [-0.2, 0) is 6.54 Å². The molecule has 1 aliphatic heterocycles. The molecular weight excluding hydrogens is 266 g/mol. The SMILES string of the molecule is Clc1nc(NCc2cn[nH]c2)nc(N2CCCC2)n1. The molecule has 0 amide bonds. The number of anilines is 2. The van der Waals surface area contributed by atoms with E-state index in [1.807, 2.05) is 6.20 Å². The predicted octanol–water partition coefficient (Wildman–Crippen LogP) is 1.46. The maximum Gasteiger partial charge on any atom is 0.231 e. The van der Waals surface area contributed by atoms with Gasteiger partial charge in [0.1, 0.15) is 0 Å². The minimum absolute atomic E-state index is 0.214. The Morgan fingerprint density at radius 2 is 2.11 bits per heavy atom. The number of aromatic nitrogens is 5. The summed E-state index contributed by atoms with van der Waals surface area (Å²) in [6.07, 6.45) is 5.90. The molecule has 0 radical (unpaired) electrons. The topological polar surface area (TPSA) is 82.6 Å². The lowest BCUT2D eigenvalue weighted by atomic mass is 10.4. The average Bonchev–Trinajstić information content (AvgIpc) is 3.09. The molecular formula is C11H14ClN7. The molecule has 0 atom stereocenters. The third-order valence-electron chi connectivity index (χ3n) is 2.99. The van der Waals surface area contributed by atoms with Gasteiger partial charge in [-0.25, -0.2) is 0 Å². The van der Waals surface area contributed by atoms with E-state index in [9.17, 15) is 0 Å². The van der Waals surface area contributed by atoms with Gasteiger partial charge in [0.25, 0.3) is 0 Å². The van der Waals surface area contributed by atoms with Crippen molar-refractivity contribution in [3.8, 4) is 0 Å². The number of H-pyrrole nitrogens is 1. The molecule has 1 aliphatic rings. The zero-order chi connectivity index (χ0) is 13.1. The van der Waals surface area contributed by atoms with E-state index in [4.69, 9.17) is 11.6 Å². The zero-order valence-electron chi connectivity index (χ0n) is 10.3. The van der Waals surface area contributed by atoms with Crippen molar-refractivity contribution in [2.75, 3.05) is 23.3 Å². The summed E-state index contributed by atoms with van der Waals surface area (Å²) in [5.41, 5.74) is 1.03. The summed E-state index contributed by atoms with van der Waals surface area (Å²) < 4.78 is 0. The molecule has 7 nitrogen and oxygen atoms in total. The highest BCUT2D eigenvalue weighted by Gasteiger charge is 2.16. The van der Waals surface area contributed by atoms with Gasteiger partial charge in [-0.15, -0.1) is 0 Å². The van der Waals surface area contributed by atoms with Crippen LogP contribution in [0.5, 0.6) is 0 Å². The number of hydrogen-bond donors (Lipinski definition) is 2. The van der Waals surface area contributed by atoms with E-state index < -0.39 is 0 Å². The van der Waals surface area contributed by atoms with Crippen molar-refractivity contribution in [1.82, 2.24) is 25.1 Å². The summed E-state index contributed by atoms with van der Waals surface area (Å²) in [6, 6.07) is 0. The Bertz CT molecular complexity index is 536. The first kappa shape index (κ1) is 12.2. The fourth-order valence-electron chi connectivity index (χ4n) is 2.03. The van der Waals surface area contributed by atoms with Crippen molar-refractivity contribution in [3.05, 3.63) is 23.2 Å². The predicted molar refractivity (Wildman–Crippen MR) is 72.2 cm³/mol. The summed E-state index contributed by atoms with van der Waals surface area (Å²) in [5.74, 6) is 1.13. The number of aromatic amines is 1. The van der Waals surface area contributed by atoms with Gasteiger partial charge in [0.05, 0.1) is 6.20 Å². The van der Waals surface area contributed by atoms with Crippen LogP contribution >= 0.6 is 11.6 Å². The minimum Gasteiger partial charge on any atom is -0.350 e. The van der Waals surface area contributed by atoms with Gasteiger partial charge < -0.3 is 10.2 Å². The molecule has 1 saturated heterocycles. The molecule has 19 heavy (non-hydrogen) atoms. The summed E-state index contributed by atoms with van der Waals surface area (Å²) in [7, 11) is 0. The molecule has 0 spiro atoms. The Morgan fingerprint density at radius 3 is 2.84 bits per heavy atom. The van der Waals surface area contributed by atoms with Crippen molar-refractivity contribution < 1.29 is 0 Å². The van der Waals surface area contributed by atoms with Gasteiger partial charge in [-0.05, 0) is 24.4 Å². The van der Waals surface area contributed by atoms with Gasteiger partial charge in [0.2, 0.25) is 17.2 Å². The first-order chi connectivity index (χ1) is 9.31. The highest BCUT2D eigenvalue weighted by molar-refractivity contribution is 6.28. The fraction of sp³-hybridized carbons (Fsp3) is 0.455. The second kappa shape index (κ2) is 5.40. The molecule has 2 aromatic rings. The van der Waals surface area contributed by atoms with E-state index in [0.29, 0.717) is 18.4 Å². The monoisotopic (exact) mass is 279 g/mol. The second-order valence-electron chi connectivity index (χ2n) is 4.38. The summed E-state index contributed by atoms with van der Waals surface area (Å²) in [4.78, 5) is 14.8. The van der Waals surface area contributed by atoms with Gasteiger partial charge in [-0.3, -0.25) is 5.10 Å². The van der Waals surface area contributed by atoms with Gasteiger partial charge in [0, 0.05) is 31.4 Å². The van der Waals surface area contributed by atoms with Crippen molar-refractivity contribution in [2.24, 2.45) is 0 Å². The van der Waals surface area contributed by atoms with Gasteiger partial charge in [0.15, 0.2) is 0 Å². The van der Waals surface area contributed by atoms with Crippen LogP contribution in [-0.4, -0.2) is 38.2 Å². The van der Waals surface area contributed by atoms with Crippen LogP contribution in [0.4, 0.5) is 11.9 Å². The van der Waals surface area contributed by atoms with Crippen LogP contribution in [0, 0.1) is 0 Å². The first-order valence-electron chi connectivity index (χ1n) is 6.19. The molecule has 8 heteroatoms. The molecule has 3 heterocycles. The lowest BCUT2D eigenvalue weighted by Gasteiger charge is -2.15. The summed E-state index contributed by atoms with van der Waals surface area (Å²) in [5, 5.41) is 9.97. The Morgan fingerprint density at radius 1 is 1.26 bits per heavy atom. The molecule has 1 fully saturated rings. The number of nitrogens with one attached hydrogen (secondary N) is 2. The Labute approximate surface area is 115 Å². The highest BCUT2D eigenvalue weighted by Crippen LogP contribution is 2.18. The van der Waals surface area contributed by atoms with Crippen molar-refractivity contribution in [2.45, 2.75) is 19.4 Å². The molecule has 2 aromatic heterocycles. The lowest BCUT2D eigenvalue weighted by Crippen LogP contribution is -2.21. The van der Waals surface area contributed by atoms with Crippen molar-refractivity contribution in [1.29, 1.82) is 0 Å². The number of hydrogen-bond acceptors (Lipinski definition) is 6. The highest BCUT2D eigenvalue weighted by atomic mass is 35.5. The van der Waals surface area contributed by atoms with Gasteiger partial charge in [-0.2, -0.15) is 20.1 Å². The largest absolute Gasteiger partial charge is 0.350 e. The van der Waals surface area contributed by atoms with E-state index in [1.54, 1.807) is 6.20 Å². The summed E-state index contributed by atoms with van der Waals surface area (Å²) >= 11 is 5.94. The quantitative estimate of drug-likeness (QED) is 0.882. The molecule has 0 aliphatic carbocycles. The van der Waals surface area contributed by atoms with Crippen LogP contribution in [0.15, 0.2) is 12.4 Å². The fourth-order valence-corrected chi connectivity index (χ4v) is 2.19. The maximum absolute atomic E-state index is 5.94. The average molecular weight is 280 g/mol. The van der Waals surface area contributed by atoms with Crippen molar-refractivity contribution >= 4 is 23.5 Å². The third kappa shape index (κ3) is 2.93. The molecule has 0 unspecified atom stereocenters. The molecule has 0 saturated carbocycles.